The number of hydrogen-bond acceptors (Lipinski definition) is 1. The lowest BCUT2D eigenvalue weighted by Crippen LogP contribution is -2.37. The van der Waals surface area contributed by atoms with Crippen molar-refractivity contribution in [2.75, 3.05) is 6.54 Å². The molecule has 1 N–H and O–H groups in total. The van der Waals surface area contributed by atoms with Crippen LogP contribution in [0.3, 0.4) is 0 Å². The number of nitrogens with one attached hydrogen (secondary N) is 1. The van der Waals surface area contributed by atoms with E-state index in [0.29, 0.717) is 0 Å². The Morgan fingerprint density at radius 3 is 2.81 bits per heavy atom. The minimum Gasteiger partial charge on any atom is -0.313 e. The number of rotatable bonds is 4. The van der Waals surface area contributed by atoms with E-state index < -0.39 is 0 Å². The first kappa shape index (κ1) is 12.2. The lowest BCUT2D eigenvalue weighted by Gasteiger charge is -2.30. The molecule has 1 saturated carbocycles. The van der Waals surface area contributed by atoms with Crippen LogP contribution in [0.4, 0.5) is 0 Å². The molecule has 0 aromatic heterocycles. The summed E-state index contributed by atoms with van der Waals surface area (Å²) in [4.78, 5) is 0. The summed E-state index contributed by atoms with van der Waals surface area (Å²) in [5, 5.41) is 3.78. The van der Waals surface area contributed by atoms with Crippen molar-refractivity contribution in [2.45, 2.75) is 70.8 Å². The quantitative estimate of drug-likeness (QED) is 0.706. The minimum absolute atomic E-state index is 0.804. The molecular formula is C15H27N. The molecule has 2 aliphatic carbocycles. The maximum absolute atomic E-state index is 3.78. The van der Waals surface area contributed by atoms with E-state index in [0.717, 1.165) is 12.0 Å². The predicted molar refractivity (Wildman–Crippen MR) is 70.6 cm³/mol. The third kappa shape index (κ3) is 3.62. The zero-order chi connectivity index (χ0) is 11.2. The van der Waals surface area contributed by atoms with E-state index in [9.17, 15) is 0 Å². The van der Waals surface area contributed by atoms with Crippen LogP contribution in [0.25, 0.3) is 0 Å². The fraction of sp³-hybridized carbons (Fsp3) is 0.867. The highest BCUT2D eigenvalue weighted by atomic mass is 14.9. The minimum atomic E-state index is 0.804. The molecule has 1 nitrogen and oxygen atoms in total. The van der Waals surface area contributed by atoms with Crippen LogP contribution in [-0.2, 0) is 0 Å². The summed E-state index contributed by atoms with van der Waals surface area (Å²) < 4.78 is 0. The predicted octanol–water partition coefficient (Wildman–Crippen LogP) is 4.05. The van der Waals surface area contributed by atoms with Crippen LogP contribution in [0.2, 0.25) is 0 Å². The first-order chi connectivity index (χ1) is 7.86. The van der Waals surface area contributed by atoms with E-state index >= 15 is 0 Å². The molecule has 0 aromatic rings. The van der Waals surface area contributed by atoms with Crippen molar-refractivity contribution in [3.63, 3.8) is 0 Å². The van der Waals surface area contributed by atoms with Crippen molar-refractivity contribution >= 4 is 0 Å². The Morgan fingerprint density at radius 2 is 2.06 bits per heavy atom. The van der Waals surface area contributed by atoms with E-state index in [1.807, 2.05) is 0 Å². The van der Waals surface area contributed by atoms with Crippen LogP contribution < -0.4 is 5.32 Å². The number of allylic oxidation sites excluding steroid dienone is 1. The van der Waals surface area contributed by atoms with Crippen molar-refractivity contribution in [3.05, 3.63) is 11.6 Å². The summed E-state index contributed by atoms with van der Waals surface area (Å²) in [6.07, 6.45) is 15.0. The summed E-state index contributed by atoms with van der Waals surface area (Å²) in [6.45, 7) is 3.62. The lowest BCUT2D eigenvalue weighted by atomic mass is 9.86. The van der Waals surface area contributed by atoms with Crippen LogP contribution in [0, 0.1) is 5.92 Å². The van der Waals surface area contributed by atoms with Gasteiger partial charge in [-0.05, 0) is 57.4 Å². The van der Waals surface area contributed by atoms with Gasteiger partial charge in [0.05, 0.1) is 0 Å². The molecule has 0 aromatic carbocycles. The van der Waals surface area contributed by atoms with Crippen LogP contribution in [0.5, 0.6) is 0 Å². The Labute approximate surface area is 101 Å². The molecule has 16 heavy (non-hydrogen) atoms. The maximum Gasteiger partial charge on any atom is 0.00928 e. The second kappa shape index (κ2) is 6.44. The molecule has 0 aliphatic heterocycles. The van der Waals surface area contributed by atoms with Gasteiger partial charge in [-0.15, -0.1) is 0 Å². The second-order valence-corrected chi connectivity index (χ2v) is 5.68. The van der Waals surface area contributed by atoms with Gasteiger partial charge in [0.25, 0.3) is 0 Å². The summed E-state index contributed by atoms with van der Waals surface area (Å²) >= 11 is 0. The normalized spacial score (nSPS) is 31.2. The summed E-state index contributed by atoms with van der Waals surface area (Å²) in [5.74, 6) is 0.897. The van der Waals surface area contributed by atoms with Gasteiger partial charge in [0, 0.05) is 6.04 Å². The summed E-state index contributed by atoms with van der Waals surface area (Å²) in [5.41, 5.74) is 1.71. The third-order valence-electron chi connectivity index (χ3n) is 4.35. The molecule has 0 amide bonds. The van der Waals surface area contributed by atoms with E-state index in [-0.39, 0.29) is 0 Å². The van der Waals surface area contributed by atoms with Gasteiger partial charge >= 0.3 is 0 Å². The van der Waals surface area contributed by atoms with Crippen LogP contribution in [0.15, 0.2) is 11.6 Å². The van der Waals surface area contributed by atoms with Crippen molar-refractivity contribution in [2.24, 2.45) is 5.92 Å². The first-order valence-corrected chi connectivity index (χ1v) is 7.27. The maximum atomic E-state index is 3.78. The molecule has 0 saturated heterocycles. The molecule has 1 heteroatoms. The van der Waals surface area contributed by atoms with Crippen molar-refractivity contribution < 1.29 is 0 Å². The highest BCUT2D eigenvalue weighted by Crippen LogP contribution is 2.24. The van der Waals surface area contributed by atoms with E-state index in [1.165, 1.54) is 64.3 Å². The van der Waals surface area contributed by atoms with E-state index in [1.54, 1.807) is 5.57 Å². The average Bonchev–Trinajstić information content (AvgIpc) is 2.33. The molecular weight excluding hydrogens is 194 g/mol. The Bertz CT molecular complexity index is 232. The zero-order valence-corrected chi connectivity index (χ0v) is 10.8. The number of hydrogen-bond donors (Lipinski definition) is 1. The van der Waals surface area contributed by atoms with Crippen molar-refractivity contribution in [3.8, 4) is 0 Å². The average molecular weight is 221 g/mol. The Balaban J connectivity index is 1.64. The molecule has 2 atom stereocenters. The van der Waals surface area contributed by atoms with E-state index in [2.05, 4.69) is 18.3 Å². The smallest absolute Gasteiger partial charge is 0.00928 e. The fourth-order valence-electron chi connectivity index (χ4n) is 3.17. The van der Waals surface area contributed by atoms with Crippen molar-refractivity contribution in [1.29, 1.82) is 0 Å². The molecule has 92 valence electrons. The molecule has 2 unspecified atom stereocenters. The monoisotopic (exact) mass is 221 g/mol. The second-order valence-electron chi connectivity index (χ2n) is 5.68. The Hall–Kier alpha value is -0.300. The molecule has 0 spiro atoms. The molecule has 0 heterocycles. The molecule has 1 fully saturated rings. The fourth-order valence-corrected chi connectivity index (χ4v) is 3.17. The molecule has 0 radical (unpaired) electrons. The van der Waals surface area contributed by atoms with Crippen molar-refractivity contribution in [1.82, 2.24) is 5.32 Å². The van der Waals surface area contributed by atoms with Gasteiger partial charge in [-0.25, -0.2) is 0 Å². The highest BCUT2D eigenvalue weighted by molar-refractivity contribution is 5.05. The molecule has 0 bridgehead atoms. The lowest BCUT2D eigenvalue weighted by molar-refractivity contribution is 0.282. The summed E-state index contributed by atoms with van der Waals surface area (Å²) in [6, 6.07) is 0.804. The zero-order valence-electron chi connectivity index (χ0n) is 10.8. The summed E-state index contributed by atoms with van der Waals surface area (Å²) in [7, 11) is 0. The third-order valence-corrected chi connectivity index (χ3v) is 4.35. The molecule has 2 aliphatic rings. The van der Waals surface area contributed by atoms with E-state index in [4.69, 9.17) is 0 Å². The molecule has 2 rings (SSSR count). The van der Waals surface area contributed by atoms with Gasteiger partial charge < -0.3 is 5.32 Å². The topological polar surface area (TPSA) is 12.0 Å². The van der Waals surface area contributed by atoms with Gasteiger partial charge in [0.15, 0.2) is 0 Å². The van der Waals surface area contributed by atoms with Crippen LogP contribution in [0.1, 0.15) is 64.7 Å². The standard InChI is InChI=1S/C15H27N/c1-13-7-5-6-10-15(13)16-12-11-14-8-3-2-4-9-14/h8,13,15-16H,2-7,9-12H2,1H3. The Kier molecular flexibility index (Phi) is 4.90. The van der Waals surface area contributed by atoms with Gasteiger partial charge in [-0.2, -0.15) is 0 Å². The highest BCUT2D eigenvalue weighted by Gasteiger charge is 2.20. The van der Waals surface area contributed by atoms with Gasteiger partial charge in [-0.3, -0.25) is 0 Å². The van der Waals surface area contributed by atoms with Gasteiger partial charge in [0.2, 0.25) is 0 Å². The van der Waals surface area contributed by atoms with Gasteiger partial charge in [-0.1, -0.05) is 31.4 Å². The Morgan fingerprint density at radius 1 is 1.19 bits per heavy atom. The first-order valence-electron chi connectivity index (χ1n) is 7.27. The van der Waals surface area contributed by atoms with Crippen LogP contribution in [-0.4, -0.2) is 12.6 Å². The SMILES string of the molecule is CC1CCCCC1NCCC1=CCCCC1. The van der Waals surface area contributed by atoms with Gasteiger partial charge in [0.1, 0.15) is 0 Å². The largest absolute Gasteiger partial charge is 0.313 e. The van der Waals surface area contributed by atoms with Crippen LogP contribution >= 0.6 is 0 Å².